The third-order valence-electron chi connectivity index (χ3n) is 3.99. The SMILES string of the molecule is CN(CCc1ccccn1)C(=O)c1ccnc(OCc2ccccc2)c1. The number of carbonyl (C=O) groups excluding carboxylic acids is 1. The number of amides is 1. The van der Waals surface area contributed by atoms with Gasteiger partial charge in [-0.1, -0.05) is 36.4 Å². The normalized spacial score (nSPS) is 10.3. The van der Waals surface area contributed by atoms with E-state index in [4.69, 9.17) is 4.74 Å². The Bertz CT molecular complexity index is 838. The first kappa shape index (κ1) is 17.6. The summed E-state index contributed by atoms with van der Waals surface area (Å²) in [6.07, 6.45) is 4.07. The molecule has 0 saturated carbocycles. The number of likely N-dealkylation sites (N-methyl/N-ethyl adjacent to an activating group) is 1. The Morgan fingerprint density at radius 2 is 1.81 bits per heavy atom. The maximum Gasteiger partial charge on any atom is 0.253 e. The molecule has 2 aromatic heterocycles. The molecule has 0 bridgehead atoms. The van der Waals surface area contributed by atoms with Gasteiger partial charge in [-0.05, 0) is 23.8 Å². The molecular formula is C21H21N3O2. The van der Waals surface area contributed by atoms with E-state index >= 15 is 0 Å². The standard InChI is InChI=1S/C21H21N3O2/c1-24(14-11-19-9-5-6-12-22-19)21(25)18-10-13-23-20(15-18)26-16-17-7-3-2-4-8-17/h2-10,12-13,15H,11,14,16H2,1H3. The Kier molecular flexibility index (Phi) is 5.93. The highest BCUT2D eigenvalue weighted by atomic mass is 16.5. The molecule has 5 nitrogen and oxygen atoms in total. The molecule has 2 heterocycles. The van der Waals surface area contributed by atoms with Crippen LogP contribution in [0.5, 0.6) is 5.88 Å². The fraction of sp³-hybridized carbons (Fsp3) is 0.190. The van der Waals surface area contributed by atoms with Gasteiger partial charge >= 0.3 is 0 Å². The summed E-state index contributed by atoms with van der Waals surface area (Å²) in [5.74, 6) is 0.380. The zero-order valence-corrected chi connectivity index (χ0v) is 14.7. The summed E-state index contributed by atoms with van der Waals surface area (Å²) in [4.78, 5) is 22.8. The molecule has 0 spiro atoms. The molecule has 5 heteroatoms. The molecule has 0 N–H and O–H groups in total. The number of carbonyl (C=O) groups is 1. The highest BCUT2D eigenvalue weighted by Crippen LogP contribution is 2.13. The molecule has 0 aliphatic heterocycles. The summed E-state index contributed by atoms with van der Waals surface area (Å²) in [5.41, 5.74) is 2.58. The third-order valence-corrected chi connectivity index (χ3v) is 3.99. The lowest BCUT2D eigenvalue weighted by atomic mass is 10.2. The second kappa shape index (κ2) is 8.76. The molecule has 0 aliphatic carbocycles. The predicted molar refractivity (Wildman–Crippen MR) is 99.9 cm³/mol. The summed E-state index contributed by atoms with van der Waals surface area (Å²) in [7, 11) is 1.79. The minimum Gasteiger partial charge on any atom is -0.473 e. The molecule has 0 atom stereocenters. The van der Waals surface area contributed by atoms with Crippen molar-refractivity contribution in [3.63, 3.8) is 0 Å². The van der Waals surface area contributed by atoms with Gasteiger partial charge in [0.15, 0.2) is 0 Å². The van der Waals surface area contributed by atoms with Crippen LogP contribution in [0.1, 0.15) is 21.6 Å². The van der Waals surface area contributed by atoms with E-state index in [0.717, 1.165) is 11.3 Å². The van der Waals surface area contributed by atoms with Crippen molar-refractivity contribution < 1.29 is 9.53 Å². The Balaban J connectivity index is 1.58. The number of benzene rings is 1. The molecule has 1 aromatic carbocycles. The van der Waals surface area contributed by atoms with Crippen LogP contribution >= 0.6 is 0 Å². The van der Waals surface area contributed by atoms with E-state index < -0.39 is 0 Å². The first-order chi connectivity index (χ1) is 12.7. The predicted octanol–water partition coefficient (Wildman–Crippen LogP) is 3.37. The molecule has 3 aromatic rings. The van der Waals surface area contributed by atoms with Gasteiger partial charge in [-0.2, -0.15) is 0 Å². The van der Waals surface area contributed by atoms with Crippen LogP contribution < -0.4 is 4.74 Å². The maximum atomic E-state index is 12.6. The third kappa shape index (κ3) is 4.89. The van der Waals surface area contributed by atoms with Crippen molar-refractivity contribution in [3.8, 4) is 5.88 Å². The quantitative estimate of drug-likeness (QED) is 0.657. The summed E-state index contributed by atoms with van der Waals surface area (Å²) < 4.78 is 5.70. The Hall–Kier alpha value is -3.21. The number of aromatic nitrogens is 2. The first-order valence-corrected chi connectivity index (χ1v) is 8.50. The smallest absolute Gasteiger partial charge is 0.253 e. The highest BCUT2D eigenvalue weighted by molar-refractivity contribution is 5.94. The fourth-order valence-corrected chi connectivity index (χ4v) is 2.50. The molecular weight excluding hydrogens is 326 g/mol. The van der Waals surface area contributed by atoms with Crippen molar-refractivity contribution in [2.75, 3.05) is 13.6 Å². The zero-order chi connectivity index (χ0) is 18.2. The minimum atomic E-state index is -0.0621. The molecule has 0 radical (unpaired) electrons. The van der Waals surface area contributed by atoms with E-state index in [-0.39, 0.29) is 5.91 Å². The summed E-state index contributed by atoms with van der Waals surface area (Å²) in [5, 5.41) is 0. The number of pyridine rings is 2. The molecule has 26 heavy (non-hydrogen) atoms. The monoisotopic (exact) mass is 347 g/mol. The lowest BCUT2D eigenvalue weighted by Crippen LogP contribution is -2.29. The fourth-order valence-electron chi connectivity index (χ4n) is 2.50. The molecule has 0 unspecified atom stereocenters. The van der Waals surface area contributed by atoms with Crippen LogP contribution in [-0.2, 0) is 13.0 Å². The molecule has 1 amide bonds. The lowest BCUT2D eigenvalue weighted by molar-refractivity contribution is 0.0795. The van der Waals surface area contributed by atoms with E-state index in [2.05, 4.69) is 9.97 Å². The average molecular weight is 347 g/mol. The minimum absolute atomic E-state index is 0.0621. The van der Waals surface area contributed by atoms with Gasteiger partial charge in [0.1, 0.15) is 6.61 Å². The van der Waals surface area contributed by atoms with Gasteiger partial charge in [0.05, 0.1) is 0 Å². The van der Waals surface area contributed by atoms with Gasteiger partial charge in [-0.15, -0.1) is 0 Å². The van der Waals surface area contributed by atoms with Gasteiger partial charge in [0, 0.05) is 49.7 Å². The molecule has 0 saturated heterocycles. The van der Waals surface area contributed by atoms with Crippen molar-refractivity contribution in [2.45, 2.75) is 13.0 Å². The first-order valence-electron chi connectivity index (χ1n) is 8.50. The Morgan fingerprint density at radius 1 is 1.00 bits per heavy atom. The second-order valence-electron chi connectivity index (χ2n) is 5.95. The number of ether oxygens (including phenoxy) is 1. The van der Waals surface area contributed by atoms with Crippen LogP contribution in [0.15, 0.2) is 73.1 Å². The van der Waals surface area contributed by atoms with Crippen molar-refractivity contribution in [2.24, 2.45) is 0 Å². The van der Waals surface area contributed by atoms with Crippen LogP contribution in [0.2, 0.25) is 0 Å². The van der Waals surface area contributed by atoms with Crippen LogP contribution in [0.4, 0.5) is 0 Å². The summed E-state index contributed by atoms with van der Waals surface area (Å²) in [6, 6.07) is 19.0. The van der Waals surface area contributed by atoms with Gasteiger partial charge in [0.25, 0.3) is 5.91 Å². The van der Waals surface area contributed by atoms with E-state index in [9.17, 15) is 4.79 Å². The van der Waals surface area contributed by atoms with Crippen LogP contribution in [-0.4, -0.2) is 34.4 Å². The zero-order valence-electron chi connectivity index (χ0n) is 14.7. The number of rotatable bonds is 7. The van der Waals surface area contributed by atoms with Gasteiger partial charge in [-0.3, -0.25) is 9.78 Å². The van der Waals surface area contributed by atoms with E-state index in [1.807, 2.05) is 48.5 Å². The lowest BCUT2D eigenvalue weighted by Gasteiger charge is -2.17. The number of nitrogens with zero attached hydrogens (tertiary/aromatic N) is 3. The van der Waals surface area contributed by atoms with Crippen molar-refractivity contribution in [3.05, 3.63) is 89.9 Å². The largest absolute Gasteiger partial charge is 0.473 e. The van der Waals surface area contributed by atoms with E-state index in [1.54, 1.807) is 36.5 Å². The van der Waals surface area contributed by atoms with E-state index in [0.29, 0.717) is 31.0 Å². The maximum absolute atomic E-state index is 12.6. The molecule has 132 valence electrons. The van der Waals surface area contributed by atoms with Gasteiger partial charge in [-0.25, -0.2) is 4.98 Å². The van der Waals surface area contributed by atoms with Gasteiger partial charge < -0.3 is 9.64 Å². The number of hydrogen-bond donors (Lipinski definition) is 0. The molecule has 0 fully saturated rings. The van der Waals surface area contributed by atoms with Gasteiger partial charge in [0.2, 0.25) is 5.88 Å². The van der Waals surface area contributed by atoms with Crippen molar-refractivity contribution in [1.29, 1.82) is 0 Å². The highest BCUT2D eigenvalue weighted by Gasteiger charge is 2.13. The molecule has 3 rings (SSSR count). The van der Waals surface area contributed by atoms with Crippen LogP contribution in [0.25, 0.3) is 0 Å². The Labute approximate surface area is 153 Å². The second-order valence-corrected chi connectivity index (χ2v) is 5.95. The Morgan fingerprint density at radius 3 is 2.58 bits per heavy atom. The molecule has 0 aliphatic rings. The topological polar surface area (TPSA) is 55.3 Å². The van der Waals surface area contributed by atoms with Crippen molar-refractivity contribution in [1.82, 2.24) is 14.9 Å². The summed E-state index contributed by atoms with van der Waals surface area (Å²) in [6.45, 7) is 1.01. The van der Waals surface area contributed by atoms with E-state index in [1.165, 1.54) is 0 Å². The average Bonchev–Trinajstić information content (AvgIpc) is 2.71. The van der Waals surface area contributed by atoms with Crippen molar-refractivity contribution >= 4 is 5.91 Å². The number of hydrogen-bond acceptors (Lipinski definition) is 4. The van der Waals surface area contributed by atoms with Crippen LogP contribution in [0, 0.1) is 0 Å². The summed E-state index contributed by atoms with van der Waals surface area (Å²) >= 11 is 0. The van der Waals surface area contributed by atoms with Crippen LogP contribution in [0.3, 0.4) is 0 Å².